The first-order chi connectivity index (χ1) is 12.4. The van der Waals surface area contributed by atoms with Crippen molar-refractivity contribution in [3.63, 3.8) is 0 Å². The molecule has 6 heteroatoms. The number of hydrogen-bond donors (Lipinski definition) is 2. The van der Waals surface area contributed by atoms with Gasteiger partial charge in [-0.05, 0) is 56.2 Å². The molecule has 1 unspecified atom stereocenters. The quantitative estimate of drug-likeness (QED) is 0.863. The number of hydrogen-bond acceptors (Lipinski definition) is 4. The van der Waals surface area contributed by atoms with E-state index in [-0.39, 0.29) is 5.91 Å². The van der Waals surface area contributed by atoms with Crippen molar-refractivity contribution in [2.24, 2.45) is 0 Å². The standard InChI is InChI=1S/C20H25ClN4O/c1-13-4-5-16(10-23-13)20(26)24-19-9-18(21)8-17(15(19)3)12-25-7-6-22-14(2)11-25/h4-5,8-10,14,22H,6-7,11-12H2,1-3H3,(H,24,26). The molecular weight excluding hydrogens is 348 g/mol. The van der Waals surface area contributed by atoms with Gasteiger partial charge >= 0.3 is 0 Å². The van der Waals surface area contributed by atoms with Gasteiger partial charge in [0.1, 0.15) is 0 Å². The third kappa shape index (κ3) is 4.61. The van der Waals surface area contributed by atoms with Crippen LogP contribution in [0.5, 0.6) is 0 Å². The molecule has 0 aliphatic carbocycles. The third-order valence-electron chi connectivity index (χ3n) is 4.75. The van der Waals surface area contributed by atoms with E-state index in [0.717, 1.165) is 48.7 Å². The molecule has 0 radical (unpaired) electrons. The van der Waals surface area contributed by atoms with E-state index in [1.54, 1.807) is 18.3 Å². The summed E-state index contributed by atoms with van der Waals surface area (Å²) < 4.78 is 0. The fourth-order valence-corrected chi connectivity index (χ4v) is 3.46. The molecule has 1 aromatic heterocycles. The molecule has 1 saturated heterocycles. The average Bonchev–Trinajstić information content (AvgIpc) is 2.59. The van der Waals surface area contributed by atoms with Gasteiger partial charge in [-0.15, -0.1) is 0 Å². The number of aryl methyl sites for hydroxylation is 1. The van der Waals surface area contributed by atoms with Crippen molar-refractivity contribution in [3.8, 4) is 0 Å². The fourth-order valence-electron chi connectivity index (χ4n) is 3.22. The van der Waals surface area contributed by atoms with E-state index in [9.17, 15) is 4.79 Å². The maximum Gasteiger partial charge on any atom is 0.257 e. The number of carbonyl (C=O) groups is 1. The predicted molar refractivity (Wildman–Crippen MR) is 106 cm³/mol. The van der Waals surface area contributed by atoms with Crippen LogP contribution in [0.15, 0.2) is 30.5 Å². The van der Waals surface area contributed by atoms with Gasteiger partial charge in [0.2, 0.25) is 0 Å². The van der Waals surface area contributed by atoms with Crippen molar-refractivity contribution in [2.45, 2.75) is 33.4 Å². The molecule has 1 amide bonds. The number of benzene rings is 1. The zero-order chi connectivity index (χ0) is 18.7. The molecule has 1 aliphatic heterocycles. The summed E-state index contributed by atoms with van der Waals surface area (Å²) in [6.07, 6.45) is 1.59. The van der Waals surface area contributed by atoms with Gasteiger partial charge in [-0.2, -0.15) is 0 Å². The van der Waals surface area contributed by atoms with Crippen LogP contribution in [0.2, 0.25) is 5.02 Å². The summed E-state index contributed by atoms with van der Waals surface area (Å²) in [5.74, 6) is -0.176. The molecule has 2 N–H and O–H groups in total. The molecule has 5 nitrogen and oxygen atoms in total. The molecule has 2 aromatic rings. The molecule has 26 heavy (non-hydrogen) atoms. The summed E-state index contributed by atoms with van der Waals surface area (Å²) in [7, 11) is 0. The van der Waals surface area contributed by atoms with Crippen molar-refractivity contribution in [1.82, 2.24) is 15.2 Å². The van der Waals surface area contributed by atoms with Crippen LogP contribution < -0.4 is 10.6 Å². The molecule has 0 bridgehead atoms. The third-order valence-corrected chi connectivity index (χ3v) is 4.97. The maximum atomic E-state index is 12.5. The van der Waals surface area contributed by atoms with Gasteiger partial charge < -0.3 is 10.6 Å². The Morgan fingerprint density at radius 1 is 1.38 bits per heavy atom. The molecule has 1 aliphatic rings. The van der Waals surface area contributed by atoms with E-state index in [1.807, 2.05) is 26.0 Å². The fraction of sp³-hybridized carbons (Fsp3) is 0.400. The first-order valence-corrected chi connectivity index (χ1v) is 9.29. The zero-order valence-corrected chi connectivity index (χ0v) is 16.2. The van der Waals surface area contributed by atoms with E-state index >= 15 is 0 Å². The van der Waals surface area contributed by atoms with Gasteiger partial charge in [-0.3, -0.25) is 14.7 Å². The SMILES string of the molecule is Cc1ccc(C(=O)Nc2cc(Cl)cc(CN3CCNC(C)C3)c2C)cn1. The Morgan fingerprint density at radius 3 is 2.88 bits per heavy atom. The van der Waals surface area contributed by atoms with Crippen molar-refractivity contribution in [1.29, 1.82) is 0 Å². The van der Waals surface area contributed by atoms with Crippen LogP contribution in [0, 0.1) is 13.8 Å². The summed E-state index contributed by atoms with van der Waals surface area (Å²) >= 11 is 6.32. The predicted octanol–water partition coefficient (Wildman–Crippen LogP) is 3.40. The highest BCUT2D eigenvalue weighted by Crippen LogP contribution is 2.26. The summed E-state index contributed by atoms with van der Waals surface area (Å²) in [6, 6.07) is 7.89. The van der Waals surface area contributed by atoms with Crippen molar-refractivity contribution < 1.29 is 4.79 Å². The molecule has 2 heterocycles. The van der Waals surface area contributed by atoms with Crippen LogP contribution >= 0.6 is 11.6 Å². The highest BCUT2D eigenvalue weighted by Gasteiger charge is 2.18. The highest BCUT2D eigenvalue weighted by atomic mass is 35.5. The molecule has 0 spiro atoms. The summed E-state index contributed by atoms with van der Waals surface area (Å²) in [4.78, 5) is 19.1. The minimum atomic E-state index is -0.176. The summed E-state index contributed by atoms with van der Waals surface area (Å²) in [5, 5.41) is 7.06. The van der Waals surface area contributed by atoms with Gasteiger partial charge in [0, 0.05) is 54.8 Å². The van der Waals surface area contributed by atoms with Crippen molar-refractivity contribution in [2.75, 3.05) is 25.0 Å². The Bertz CT molecular complexity index is 791. The molecule has 0 saturated carbocycles. The molecule has 1 fully saturated rings. The second-order valence-corrected chi connectivity index (χ2v) is 7.41. The van der Waals surface area contributed by atoms with Gasteiger partial charge in [0.15, 0.2) is 0 Å². The minimum absolute atomic E-state index is 0.176. The van der Waals surface area contributed by atoms with Crippen LogP contribution in [-0.4, -0.2) is 41.5 Å². The zero-order valence-electron chi connectivity index (χ0n) is 15.5. The number of nitrogens with one attached hydrogen (secondary N) is 2. The average molecular weight is 373 g/mol. The number of halogens is 1. The number of carbonyl (C=O) groups excluding carboxylic acids is 1. The Hall–Kier alpha value is -1.95. The van der Waals surface area contributed by atoms with E-state index in [0.29, 0.717) is 16.6 Å². The minimum Gasteiger partial charge on any atom is -0.322 e. The number of rotatable bonds is 4. The van der Waals surface area contributed by atoms with E-state index in [1.165, 1.54) is 0 Å². The van der Waals surface area contributed by atoms with Crippen LogP contribution in [0.1, 0.15) is 34.1 Å². The first-order valence-electron chi connectivity index (χ1n) is 8.91. The molecule has 1 aromatic carbocycles. The molecule has 1 atom stereocenters. The lowest BCUT2D eigenvalue weighted by molar-refractivity contribution is 0.102. The van der Waals surface area contributed by atoms with Crippen LogP contribution in [0.4, 0.5) is 5.69 Å². The largest absolute Gasteiger partial charge is 0.322 e. The lowest BCUT2D eigenvalue weighted by atomic mass is 10.0. The second kappa shape index (κ2) is 8.16. The molecule has 138 valence electrons. The Labute approximate surface area is 159 Å². The number of anilines is 1. The van der Waals surface area contributed by atoms with E-state index in [2.05, 4.69) is 27.4 Å². The van der Waals surface area contributed by atoms with Crippen molar-refractivity contribution >= 4 is 23.2 Å². The van der Waals surface area contributed by atoms with Gasteiger partial charge in [0.25, 0.3) is 5.91 Å². The smallest absolute Gasteiger partial charge is 0.257 e. The van der Waals surface area contributed by atoms with Crippen molar-refractivity contribution in [3.05, 3.63) is 57.9 Å². The topological polar surface area (TPSA) is 57.3 Å². The second-order valence-electron chi connectivity index (χ2n) is 6.97. The normalized spacial score (nSPS) is 17.9. The van der Waals surface area contributed by atoms with Gasteiger partial charge in [0.05, 0.1) is 5.56 Å². The lowest BCUT2D eigenvalue weighted by Gasteiger charge is -2.32. The highest BCUT2D eigenvalue weighted by molar-refractivity contribution is 6.31. The lowest BCUT2D eigenvalue weighted by Crippen LogP contribution is -2.48. The van der Waals surface area contributed by atoms with Crippen LogP contribution in [0.3, 0.4) is 0 Å². The van der Waals surface area contributed by atoms with Gasteiger partial charge in [-0.25, -0.2) is 0 Å². The molecular formula is C20H25ClN4O. The van der Waals surface area contributed by atoms with Crippen LogP contribution in [0.25, 0.3) is 0 Å². The Kier molecular flexibility index (Phi) is 5.91. The van der Waals surface area contributed by atoms with Gasteiger partial charge in [-0.1, -0.05) is 11.6 Å². The van der Waals surface area contributed by atoms with E-state index in [4.69, 9.17) is 11.6 Å². The number of pyridine rings is 1. The number of piperazine rings is 1. The van der Waals surface area contributed by atoms with Crippen LogP contribution in [-0.2, 0) is 6.54 Å². The summed E-state index contributed by atoms with van der Waals surface area (Å²) in [6.45, 7) is 9.94. The monoisotopic (exact) mass is 372 g/mol. The maximum absolute atomic E-state index is 12.5. The molecule has 3 rings (SSSR count). The Balaban J connectivity index is 1.78. The number of nitrogens with zero attached hydrogens (tertiary/aromatic N) is 2. The first kappa shape index (κ1) is 18.8. The number of aromatic nitrogens is 1. The van der Waals surface area contributed by atoms with E-state index < -0.39 is 0 Å². The summed E-state index contributed by atoms with van der Waals surface area (Å²) in [5.41, 5.74) is 4.36. The Morgan fingerprint density at radius 2 is 2.19 bits per heavy atom. The number of amides is 1.